The van der Waals surface area contributed by atoms with Gasteiger partial charge in [0.05, 0.1) is 5.56 Å². The number of benzene rings is 1. The van der Waals surface area contributed by atoms with Gasteiger partial charge in [0.2, 0.25) is 0 Å². The van der Waals surface area contributed by atoms with Crippen molar-refractivity contribution in [2.45, 2.75) is 37.6 Å². The van der Waals surface area contributed by atoms with Gasteiger partial charge in [-0.3, -0.25) is 9.69 Å². The number of halogens is 1. The van der Waals surface area contributed by atoms with Crippen LogP contribution < -0.4 is 0 Å². The van der Waals surface area contributed by atoms with Gasteiger partial charge in [-0.1, -0.05) is 12.1 Å². The lowest BCUT2D eigenvalue weighted by Crippen LogP contribution is -2.53. The van der Waals surface area contributed by atoms with Crippen molar-refractivity contribution in [3.05, 3.63) is 35.6 Å². The summed E-state index contributed by atoms with van der Waals surface area (Å²) in [6.07, 6.45) is 5.46. The molecule has 0 unspecified atom stereocenters. The van der Waals surface area contributed by atoms with Crippen molar-refractivity contribution in [3.8, 4) is 0 Å². The second-order valence-electron chi connectivity index (χ2n) is 6.93. The molecule has 0 atom stereocenters. The van der Waals surface area contributed by atoms with E-state index in [1.807, 2.05) is 4.90 Å². The number of piperidine rings is 1. The number of ether oxygens (including phenoxy) is 1. The Kier molecular flexibility index (Phi) is 5.51. The Morgan fingerprint density at radius 1 is 1.21 bits per heavy atom. The van der Waals surface area contributed by atoms with Gasteiger partial charge in [0.25, 0.3) is 5.91 Å². The standard InChI is InChI=1S/C19H27FN2O2/c1-24-15-5-12-22-11-4-8-19(22)9-13-21(14-10-19)18(23)16-6-2-3-7-17(16)20/h2-3,6-7H,4-5,8-15H2,1H3. The van der Waals surface area contributed by atoms with Crippen LogP contribution in [-0.4, -0.2) is 61.1 Å². The highest BCUT2D eigenvalue weighted by atomic mass is 19.1. The highest BCUT2D eigenvalue weighted by molar-refractivity contribution is 5.94. The van der Waals surface area contributed by atoms with Gasteiger partial charge in [0.1, 0.15) is 5.82 Å². The molecule has 1 amide bonds. The van der Waals surface area contributed by atoms with Gasteiger partial charge in [-0.25, -0.2) is 4.39 Å². The van der Waals surface area contributed by atoms with E-state index in [1.165, 1.54) is 18.9 Å². The SMILES string of the molecule is COCCCN1CCCC12CCN(C(=O)c1ccccc1F)CC2. The van der Waals surface area contributed by atoms with E-state index in [4.69, 9.17) is 4.74 Å². The second-order valence-corrected chi connectivity index (χ2v) is 6.93. The lowest BCUT2D eigenvalue weighted by Gasteiger charge is -2.45. The minimum atomic E-state index is -0.426. The van der Waals surface area contributed by atoms with Gasteiger partial charge in [0.15, 0.2) is 0 Å². The molecule has 5 heteroatoms. The molecule has 0 bridgehead atoms. The Labute approximate surface area is 143 Å². The molecular formula is C19H27FN2O2. The largest absolute Gasteiger partial charge is 0.385 e. The predicted octanol–water partition coefficient (Wildman–Crippen LogP) is 2.93. The Balaban J connectivity index is 1.60. The van der Waals surface area contributed by atoms with Crippen LogP contribution in [0.4, 0.5) is 4.39 Å². The normalized spacial score (nSPS) is 20.7. The molecule has 2 saturated heterocycles. The highest BCUT2D eigenvalue weighted by Crippen LogP contribution is 2.38. The average Bonchev–Trinajstić information content (AvgIpc) is 2.98. The van der Waals surface area contributed by atoms with Crippen LogP contribution in [0.3, 0.4) is 0 Å². The van der Waals surface area contributed by atoms with E-state index in [0.29, 0.717) is 13.1 Å². The molecule has 2 aliphatic heterocycles. The van der Waals surface area contributed by atoms with E-state index < -0.39 is 5.82 Å². The zero-order chi connectivity index (χ0) is 17.0. The van der Waals surface area contributed by atoms with Crippen molar-refractivity contribution < 1.29 is 13.9 Å². The summed E-state index contributed by atoms with van der Waals surface area (Å²) < 4.78 is 19.0. The van der Waals surface area contributed by atoms with E-state index in [2.05, 4.69) is 4.90 Å². The third-order valence-electron chi connectivity index (χ3n) is 5.60. The van der Waals surface area contributed by atoms with Crippen LogP contribution in [0.1, 0.15) is 42.5 Å². The summed E-state index contributed by atoms with van der Waals surface area (Å²) in [5.74, 6) is -0.600. The smallest absolute Gasteiger partial charge is 0.256 e. The zero-order valence-electron chi connectivity index (χ0n) is 14.5. The van der Waals surface area contributed by atoms with E-state index in [0.717, 1.165) is 39.0 Å². The molecule has 1 spiro atoms. The summed E-state index contributed by atoms with van der Waals surface area (Å²) in [4.78, 5) is 17.0. The summed E-state index contributed by atoms with van der Waals surface area (Å²) in [6.45, 7) is 4.44. The van der Waals surface area contributed by atoms with E-state index >= 15 is 0 Å². The van der Waals surface area contributed by atoms with Crippen molar-refractivity contribution in [1.82, 2.24) is 9.80 Å². The Morgan fingerprint density at radius 2 is 1.96 bits per heavy atom. The number of nitrogens with zero attached hydrogens (tertiary/aromatic N) is 2. The first-order valence-corrected chi connectivity index (χ1v) is 8.94. The highest BCUT2D eigenvalue weighted by Gasteiger charge is 2.43. The number of amides is 1. The van der Waals surface area contributed by atoms with Crippen LogP contribution in [0.2, 0.25) is 0 Å². The summed E-state index contributed by atoms with van der Waals surface area (Å²) >= 11 is 0. The molecule has 24 heavy (non-hydrogen) atoms. The van der Waals surface area contributed by atoms with Gasteiger partial charge < -0.3 is 9.64 Å². The monoisotopic (exact) mass is 334 g/mol. The van der Waals surface area contributed by atoms with Gasteiger partial charge >= 0.3 is 0 Å². The van der Waals surface area contributed by atoms with Crippen molar-refractivity contribution in [2.75, 3.05) is 39.9 Å². The first-order chi connectivity index (χ1) is 11.7. The number of likely N-dealkylation sites (tertiary alicyclic amines) is 2. The predicted molar refractivity (Wildman–Crippen MR) is 91.6 cm³/mol. The summed E-state index contributed by atoms with van der Waals surface area (Å²) in [5, 5.41) is 0. The molecule has 2 aliphatic rings. The molecule has 2 heterocycles. The molecule has 4 nitrogen and oxygen atoms in total. The molecular weight excluding hydrogens is 307 g/mol. The first-order valence-electron chi connectivity index (χ1n) is 8.94. The Hall–Kier alpha value is -1.46. The molecule has 132 valence electrons. The van der Waals surface area contributed by atoms with Crippen molar-refractivity contribution in [3.63, 3.8) is 0 Å². The number of carbonyl (C=O) groups excluding carboxylic acids is 1. The van der Waals surface area contributed by atoms with Crippen LogP contribution >= 0.6 is 0 Å². The molecule has 1 aromatic carbocycles. The van der Waals surface area contributed by atoms with Crippen molar-refractivity contribution in [2.24, 2.45) is 0 Å². The van der Waals surface area contributed by atoms with Crippen LogP contribution in [-0.2, 0) is 4.74 Å². The first kappa shape index (κ1) is 17.4. The minimum absolute atomic E-state index is 0.174. The van der Waals surface area contributed by atoms with Crippen LogP contribution in [0.15, 0.2) is 24.3 Å². The van der Waals surface area contributed by atoms with Crippen molar-refractivity contribution in [1.29, 1.82) is 0 Å². The van der Waals surface area contributed by atoms with Gasteiger partial charge in [-0.15, -0.1) is 0 Å². The van der Waals surface area contributed by atoms with Gasteiger partial charge in [-0.2, -0.15) is 0 Å². The number of hydrogen-bond acceptors (Lipinski definition) is 3. The lowest BCUT2D eigenvalue weighted by atomic mass is 9.84. The molecule has 0 aromatic heterocycles. The molecule has 3 rings (SSSR count). The molecule has 1 aromatic rings. The maximum Gasteiger partial charge on any atom is 0.256 e. The second kappa shape index (κ2) is 7.62. The van der Waals surface area contributed by atoms with Crippen molar-refractivity contribution >= 4 is 5.91 Å². The topological polar surface area (TPSA) is 32.8 Å². The summed E-state index contributed by atoms with van der Waals surface area (Å²) in [7, 11) is 1.74. The molecule has 0 N–H and O–H groups in total. The number of rotatable bonds is 5. The summed E-state index contributed by atoms with van der Waals surface area (Å²) in [5.41, 5.74) is 0.427. The van der Waals surface area contributed by atoms with Gasteiger partial charge in [-0.05, 0) is 50.8 Å². The zero-order valence-corrected chi connectivity index (χ0v) is 14.5. The number of hydrogen-bond donors (Lipinski definition) is 0. The summed E-state index contributed by atoms with van der Waals surface area (Å²) in [6, 6.07) is 6.27. The molecule has 0 radical (unpaired) electrons. The molecule has 2 fully saturated rings. The fourth-order valence-electron chi connectivity index (χ4n) is 4.24. The van der Waals surface area contributed by atoms with Crippen LogP contribution in [0.25, 0.3) is 0 Å². The van der Waals surface area contributed by atoms with Gasteiger partial charge in [0, 0.05) is 38.9 Å². The quantitative estimate of drug-likeness (QED) is 0.776. The average molecular weight is 334 g/mol. The Morgan fingerprint density at radius 3 is 2.67 bits per heavy atom. The number of carbonyl (C=O) groups is 1. The maximum absolute atomic E-state index is 13.9. The number of methoxy groups -OCH3 is 1. The fourth-order valence-corrected chi connectivity index (χ4v) is 4.24. The van der Waals surface area contributed by atoms with E-state index in [-0.39, 0.29) is 17.0 Å². The Bertz CT molecular complexity index is 570. The van der Waals surface area contributed by atoms with Crippen LogP contribution in [0.5, 0.6) is 0 Å². The fraction of sp³-hybridized carbons (Fsp3) is 0.632. The molecule has 0 saturated carbocycles. The lowest BCUT2D eigenvalue weighted by molar-refractivity contribution is 0.0380. The van der Waals surface area contributed by atoms with Crippen LogP contribution in [0, 0.1) is 5.82 Å². The van der Waals surface area contributed by atoms with E-state index in [1.54, 1.807) is 25.3 Å². The van der Waals surface area contributed by atoms with E-state index in [9.17, 15) is 9.18 Å². The molecule has 0 aliphatic carbocycles. The third kappa shape index (κ3) is 3.47. The third-order valence-corrected chi connectivity index (χ3v) is 5.60. The maximum atomic E-state index is 13.9. The minimum Gasteiger partial charge on any atom is -0.385 e.